The van der Waals surface area contributed by atoms with Gasteiger partial charge in [0.15, 0.2) is 5.78 Å². The molecule has 0 aliphatic carbocycles. The van der Waals surface area contributed by atoms with Crippen molar-refractivity contribution in [3.63, 3.8) is 0 Å². The van der Waals surface area contributed by atoms with E-state index in [4.69, 9.17) is 9.84 Å². The van der Waals surface area contributed by atoms with Crippen LogP contribution in [0.25, 0.3) is 0 Å². The summed E-state index contributed by atoms with van der Waals surface area (Å²) in [5.41, 5.74) is 0.563. The van der Waals surface area contributed by atoms with Crippen molar-refractivity contribution < 1.29 is 24.2 Å². The maximum Gasteiger partial charge on any atom is 0.335 e. The summed E-state index contributed by atoms with van der Waals surface area (Å²) in [5.74, 6) is -1.11. The molecule has 0 atom stereocenters. The molecule has 6 heteroatoms. The van der Waals surface area contributed by atoms with Crippen LogP contribution in [0.1, 0.15) is 51.3 Å². The van der Waals surface area contributed by atoms with E-state index in [0.29, 0.717) is 22.6 Å². The van der Waals surface area contributed by atoms with E-state index in [2.05, 4.69) is 5.32 Å². The molecular formula is C19H17NO5. The number of hydrogen-bond donors (Lipinski definition) is 2. The van der Waals surface area contributed by atoms with Gasteiger partial charge in [-0.05, 0) is 50.2 Å². The Balaban J connectivity index is 1.84. The van der Waals surface area contributed by atoms with E-state index in [1.165, 1.54) is 18.2 Å². The normalized spacial score (nSPS) is 15.0. The van der Waals surface area contributed by atoms with E-state index < -0.39 is 17.5 Å². The van der Waals surface area contributed by atoms with Crippen LogP contribution in [0.3, 0.4) is 0 Å². The highest BCUT2D eigenvalue weighted by molar-refractivity contribution is 6.08. The molecule has 3 rings (SSSR count). The van der Waals surface area contributed by atoms with Gasteiger partial charge in [0.05, 0.1) is 17.5 Å². The molecule has 0 radical (unpaired) electrons. The Morgan fingerprint density at radius 2 is 1.88 bits per heavy atom. The van der Waals surface area contributed by atoms with Crippen molar-refractivity contribution in [2.75, 3.05) is 5.32 Å². The van der Waals surface area contributed by atoms with Gasteiger partial charge in [-0.25, -0.2) is 4.79 Å². The number of ketones is 1. The van der Waals surface area contributed by atoms with Crippen LogP contribution in [0.5, 0.6) is 5.75 Å². The first-order valence-corrected chi connectivity index (χ1v) is 7.76. The van der Waals surface area contributed by atoms with Crippen LogP contribution in [0.15, 0.2) is 42.5 Å². The molecule has 0 fully saturated rings. The number of anilines is 1. The SMILES string of the molecule is CC1(C)CC(=O)c2cc(C(=O)Nc3cccc(C(=O)O)c3)ccc2O1. The lowest BCUT2D eigenvalue weighted by atomic mass is 9.92. The molecule has 0 bridgehead atoms. The number of carboxylic acid groups (broad SMARTS) is 1. The molecule has 1 amide bonds. The Morgan fingerprint density at radius 1 is 1.12 bits per heavy atom. The first-order chi connectivity index (χ1) is 11.7. The summed E-state index contributed by atoms with van der Waals surface area (Å²) in [5, 5.41) is 11.6. The zero-order valence-corrected chi connectivity index (χ0v) is 13.8. The number of amides is 1. The van der Waals surface area contributed by atoms with Crippen molar-refractivity contribution in [1.82, 2.24) is 0 Å². The summed E-state index contributed by atoms with van der Waals surface area (Å²) in [6.07, 6.45) is 0.242. The number of carbonyl (C=O) groups is 3. The number of carboxylic acids is 1. The number of aromatic carboxylic acids is 1. The molecule has 0 spiro atoms. The fourth-order valence-electron chi connectivity index (χ4n) is 2.73. The number of nitrogens with one attached hydrogen (secondary N) is 1. The van der Waals surface area contributed by atoms with E-state index >= 15 is 0 Å². The van der Waals surface area contributed by atoms with E-state index in [1.54, 1.807) is 24.3 Å². The quantitative estimate of drug-likeness (QED) is 0.894. The van der Waals surface area contributed by atoms with Gasteiger partial charge < -0.3 is 15.2 Å². The summed E-state index contributed by atoms with van der Waals surface area (Å²) >= 11 is 0. The van der Waals surface area contributed by atoms with Gasteiger partial charge in [0.2, 0.25) is 0 Å². The predicted molar refractivity (Wildman–Crippen MR) is 91.5 cm³/mol. The van der Waals surface area contributed by atoms with Crippen LogP contribution in [0.2, 0.25) is 0 Å². The van der Waals surface area contributed by atoms with E-state index in [-0.39, 0.29) is 17.8 Å². The Kier molecular flexibility index (Phi) is 4.04. The Labute approximate surface area is 144 Å². The third kappa shape index (κ3) is 3.52. The molecule has 128 valence electrons. The standard InChI is InChI=1S/C19H17NO5/c1-19(2)10-15(21)14-9-11(6-7-16(14)25-19)17(22)20-13-5-3-4-12(8-13)18(23)24/h3-9H,10H2,1-2H3,(H,20,22)(H,23,24). The molecule has 1 aliphatic heterocycles. The number of benzene rings is 2. The number of Topliss-reactive ketones (excluding diaryl/α,β-unsaturated/α-hetero) is 1. The Morgan fingerprint density at radius 3 is 2.60 bits per heavy atom. The molecule has 6 nitrogen and oxygen atoms in total. The zero-order valence-electron chi connectivity index (χ0n) is 13.8. The van der Waals surface area contributed by atoms with Crippen molar-refractivity contribution in [3.05, 3.63) is 59.2 Å². The monoisotopic (exact) mass is 339 g/mol. The highest BCUT2D eigenvalue weighted by Gasteiger charge is 2.32. The van der Waals surface area contributed by atoms with Gasteiger partial charge in [0.25, 0.3) is 5.91 Å². The van der Waals surface area contributed by atoms with Gasteiger partial charge in [-0.15, -0.1) is 0 Å². The molecule has 0 unspecified atom stereocenters. The van der Waals surface area contributed by atoms with Crippen LogP contribution in [0, 0.1) is 0 Å². The molecule has 0 aromatic heterocycles. The molecule has 25 heavy (non-hydrogen) atoms. The third-order valence-corrected chi connectivity index (χ3v) is 3.88. The zero-order chi connectivity index (χ0) is 18.2. The minimum Gasteiger partial charge on any atom is -0.487 e. The van der Waals surface area contributed by atoms with Crippen molar-refractivity contribution >= 4 is 23.3 Å². The van der Waals surface area contributed by atoms with Crippen LogP contribution >= 0.6 is 0 Å². The van der Waals surface area contributed by atoms with Crippen LogP contribution in [-0.4, -0.2) is 28.4 Å². The van der Waals surface area contributed by atoms with Gasteiger partial charge in [0, 0.05) is 11.3 Å². The summed E-state index contributed by atoms with van der Waals surface area (Å²) in [4.78, 5) is 35.7. The van der Waals surface area contributed by atoms with Crippen molar-refractivity contribution in [2.24, 2.45) is 0 Å². The number of fused-ring (bicyclic) bond motifs is 1. The average Bonchev–Trinajstić information content (AvgIpc) is 2.53. The summed E-state index contributed by atoms with van der Waals surface area (Å²) in [7, 11) is 0. The van der Waals surface area contributed by atoms with Crippen LogP contribution in [0.4, 0.5) is 5.69 Å². The second-order valence-electron chi connectivity index (χ2n) is 6.51. The first kappa shape index (κ1) is 16.7. The predicted octanol–water partition coefficient (Wildman–Crippen LogP) is 3.38. The lowest BCUT2D eigenvalue weighted by Crippen LogP contribution is -2.36. The van der Waals surface area contributed by atoms with Gasteiger partial charge in [-0.1, -0.05) is 6.07 Å². The third-order valence-electron chi connectivity index (χ3n) is 3.88. The molecule has 1 aliphatic rings. The topological polar surface area (TPSA) is 92.7 Å². The number of carbonyl (C=O) groups excluding carboxylic acids is 2. The smallest absolute Gasteiger partial charge is 0.335 e. The van der Waals surface area contributed by atoms with Crippen LogP contribution in [-0.2, 0) is 0 Å². The maximum atomic E-state index is 12.4. The lowest BCUT2D eigenvalue weighted by molar-refractivity contribution is 0.0618. The van der Waals surface area contributed by atoms with E-state index in [9.17, 15) is 14.4 Å². The molecular weight excluding hydrogens is 322 g/mol. The van der Waals surface area contributed by atoms with E-state index in [1.807, 2.05) is 13.8 Å². The van der Waals surface area contributed by atoms with Crippen molar-refractivity contribution in [2.45, 2.75) is 25.9 Å². The number of rotatable bonds is 3. The fraction of sp³-hybridized carbons (Fsp3) is 0.211. The van der Waals surface area contributed by atoms with Gasteiger partial charge >= 0.3 is 5.97 Å². The molecule has 2 aromatic carbocycles. The summed E-state index contributed by atoms with van der Waals surface area (Å²) in [6.45, 7) is 3.67. The molecule has 0 saturated carbocycles. The Hall–Kier alpha value is -3.15. The van der Waals surface area contributed by atoms with Crippen LogP contribution < -0.4 is 10.1 Å². The van der Waals surface area contributed by atoms with Crippen molar-refractivity contribution in [1.29, 1.82) is 0 Å². The molecule has 1 heterocycles. The highest BCUT2D eigenvalue weighted by atomic mass is 16.5. The van der Waals surface area contributed by atoms with E-state index in [0.717, 1.165) is 0 Å². The Bertz CT molecular complexity index is 885. The second kappa shape index (κ2) is 6.05. The van der Waals surface area contributed by atoms with Gasteiger partial charge in [0.1, 0.15) is 11.4 Å². The molecule has 0 saturated heterocycles. The lowest BCUT2D eigenvalue weighted by Gasteiger charge is -2.31. The minimum atomic E-state index is -1.07. The van der Waals surface area contributed by atoms with Gasteiger partial charge in [-0.3, -0.25) is 9.59 Å². The van der Waals surface area contributed by atoms with Gasteiger partial charge in [-0.2, -0.15) is 0 Å². The summed E-state index contributed by atoms with van der Waals surface area (Å²) in [6, 6.07) is 10.6. The average molecular weight is 339 g/mol. The molecule has 2 aromatic rings. The van der Waals surface area contributed by atoms with Crippen molar-refractivity contribution in [3.8, 4) is 5.75 Å². The number of ether oxygens (including phenoxy) is 1. The number of hydrogen-bond acceptors (Lipinski definition) is 4. The minimum absolute atomic E-state index is 0.0752. The second-order valence-corrected chi connectivity index (χ2v) is 6.51. The largest absolute Gasteiger partial charge is 0.487 e. The maximum absolute atomic E-state index is 12.4. The fourth-order valence-corrected chi connectivity index (χ4v) is 2.73. The summed E-state index contributed by atoms with van der Waals surface area (Å²) < 4.78 is 5.77. The first-order valence-electron chi connectivity index (χ1n) is 7.76. The highest BCUT2D eigenvalue weighted by Crippen LogP contribution is 2.33. The molecule has 2 N–H and O–H groups in total.